The van der Waals surface area contributed by atoms with Crippen molar-refractivity contribution in [2.75, 3.05) is 32.6 Å². The van der Waals surface area contributed by atoms with Crippen LogP contribution in [0.2, 0.25) is 0 Å². The summed E-state index contributed by atoms with van der Waals surface area (Å²) in [5, 5.41) is 0. The van der Waals surface area contributed by atoms with Crippen molar-refractivity contribution in [2.24, 2.45) is 0 Å². The number of methoxy groups -OCH3 is 1. The highest BCUT2D eigenvalue weighted by Crippen LogP contribution is 2.25. The van der Waals surface area contributed by atoms with Crippen LogP contribution in [0.1, 0.15) is 32.6 Å². The first-order chi connectivity index (χ1) is 12.4. The van der Waals surface area contributed by atoms with Gasteiger partial charge in [-0.05, 0) is 31.4 Å². The lowest BCUT2D eigenvalue weighted by Crippen LogP contribution is -2.48. The summed E-state index contributed by atoms with van der Waals surface area (Å²) >= 11 is 0. The number of ether oxygens (including phenoxy) is 2. The maximum atomic E-state index is 12.3. The molecule has 1 aliphatic rings. The molecule has 8 heteroatoms. The van der Waals surface area contributed by atoms with E-state index in [1.165, 1.54) is 0 Å². The molecule has 0 bridgehead atoms. The molecule has 1 aliphatic heterocycles. The van der Waals surface area contributed by atoms with Gasteiger partial charge in [0.1, 0.15) is 0 Å². The molecule has 1 aromatic carbocycles. The second-order valence-corrected chi connectivity index (χ2v) is 8.26. The van der Waals surface area contributed by atoms with Crippen LogP contribution in [-0.4, -0.2) is 57.8 Å². The van der Waals surface area contributed by atoms with E-state index in [1.54, 1.807) is 24.1 Å². The van der Waals surface area contributed by atoms with Crippen molar-refractivity contribution in [1.82, 2.24) is 9.62 Å². The number of nitrogens with zero attached hydrogens (tertiary/aromatic N) is 1. The van der Waals surface area contributed by atoms with Gasteiger partial charge in [0, 0.05) is 19.1 Å². The quantitative estimate of drug-likeness (QED) is 0.702. The van der Waals surface area contributed by atoms with Crippen molar-refractivity contribution in [2.45, 2.75) is 38.6 Å². The number of hydrogen-bond acceptors (Lipinski definition) is 5. The van der Waals surface area contributed by atoms with E-state index < -0.39 is 10.0 Å². The fraction of sp³-hybridized carbons (Fsp3) is 0.611. The topological polar surface area (TPSA) is 84.9 Å². The Kier molecular flexibility index (Phi) is 7.71. The Morgan fingerprint density at radius 2 is 1.88 bits per heavy atom. The lowest BCUT2D eigenvalue weighted by molar-refractivity contribution is -0.134. The minimum Gasteiger partial charge on any atom is -0.493 e. The standard InChI is InChI=1S/C18H28N2O5S/c1-3-4-13-26(22,23)19-15-9-11-20(12-10-15)18(21)14-25-17-8-6-5-7-16(17)24-2/h5-8,15,19H,3-4,9-14H2,1-2H3. The molecule has 0 unspecified atom stereocenters. The van der Waals surface area contributed by atoms with E-state index >= 15 is 0 Å². The van der Waals surface area contributed by atoms with Crippen molar-refractivity contribution in [3.63, 3.8) is 0 Å². The summed E-state index contributed by atoms with van der Waals surface area (Å²) in [6.07, 6.45) is 2.74. The molecule has 1 amide bonds. The number of benzene rings is 1. The SMILES string of the molecule is CCCCS(=O)(=O)NC1CCN(C(=O)COc2ccccc2OC)CC1. The largest absolute Gasteiger partial charge is 0.493 e. The van der Waals surface area contributed by atoms with E-state index in [2.05, 4.69) is 4.72 Å². The van der Waals surface area contributed by atoms with Gasteiger partial charge < -0.3 is 14.4 Å². The summed E-state index contributed by atoms with van der Waals surface area (Å²) in [4.78, 5) is 14.0. The normalized spacial score (nSPS) is 15.7. The smallest absolute Gasteiger partial charge is 0.260 e. The highest BCUT2D eigenvalue weighted by Gasteiger charge is 2.26. The van der Waals surface area contributed by atoms with Crippen LogP contribution in [0.3, 0.4) is 0 Å². The van der Waals surface area contributed by atoms with E-state index in [1.807, 2.05) is 19.1 Å². The number of sulfonamides is 1. The van der Waals surface area contributed by atoms with E-state index in [0.717, 1.165) is 6.42 Å². The molecule has 0 spiro atoms. The Morgan fingerprint density at radius 3 is 2.50 bits per heavy atom. The molecule has 7 nitrogen and oxygen atoms in total. The number of hydrogen-bond donors (Lipinski definition) is 1. The van der Waals surface area contributed by atoms with Gasteiger partial charge in [0.2, 0.25) is 10.0 Å². The number of nitrogens with one attached hydrogen (secondary N) is 1. The molecule has 0 aliphatic carbocycles. The molecule has 1 N–H and O–H groups in total. The van der Waals surface area contributed by atoms with Gasteiger partial charge in [0.05, 0.1) is 12.9 Å². The van der Waals surface area contributed by atoms with Crippen molar-refractivity contribution < 1.29 is 22.7 Å². The molecular formula is C18H28N2O5S. The highest BCUT2D eigenvalue weighted by atomic mass is 32.2. The van der Waals surface area contributed by atoms with E-state index in [0.29, 0.717) is 43.9 Å². The Balaban J connectivity index is 1.77. The maximum absolute atomic E-state index is 12.3. The third kappa shape index (κ3) is 6.17. The summed E-state index contributed by atoms with van der Waals surface area (Å²) in [6.45, 7) is 2.95. The monoisotopic (exact) mass is 384 g/mol. The number of carbonyl (C=O) groups excluding carboxylic acids is 1. The fourth-order valence-electron chi connectivity index (χ4n) is 2.86. The van der Waals surface area contributed by atoms with Crippen molar-refractivity contribution in [3.8, 4) is 11.5 Å². The number of para-hydroxylation sites is 2. The van der Waals surface area contributed by atoms with Crippen LogP contribution in [0.4, 0.5) is 0 Å². The number of piperidine rings is 1. The van der Waals surface area contributed by atoms with Gasteiger partial charge in [-0.2, -0.15) is 0 Å². The molecule has 2 rings (SSSR count). The zero-order chi connectivity index (χ0) is 19.0. The Hall–Kier alpha value is -1.80. The lowest BCUT2D eigenvalue weighted by atomic mass is 10.1. The van der Waals surface area contributed by atoms with Crippen LogP contribution in [0.25, 0.3) is 0 Å². The van der Waals surface area contributed by atoms with Gasteiger partial charge in [-0.15, -0.1) is 0 Å². The Bertz CT molecular complexity index is 685. The number of amides is 1. The fourth-order valence-corrected chi connectivity index (χ4v) is 4.39. The summed E-state index contributed by atoms with van der Waals surface area (Å²) in [7, 11) is -1.68. The molecule has 1 fully saturated rings. The molecular weight excluding hydrogens is 356 g/mol. The summed E-state index contributed by atoms with van der Waals surface area (Å²) in [5.74, 6) is 1.17. The minimum atomic E-state index is -3.23. The average molecular weight is 384 g/mol. The zero-order valence-electron chi connectivity index (χ0n) is 15.4. The van der Waals surface area contributed by atoms with Gasteiger partial charge in [-0.3, -0.25) is 4.79 Å². The third-order valence-corrected chi connectivity index (χ3v) is 5.90. The predicted molar refractivity (Wildman–Crippen MR) is 99.9 cm³/mol. The van der Waals surface area contributed by atoms with Crippen molar-refractivity contribution >= 4 is 15.9 Å². The zero-order valence-corrected chi connectivity index (χ0v) is 16.3. The van der Waals surface area contributed by atoms with E-state index in [9.17, 15) is 13.2 Å². The summed E-state index contributed by atoms with van der Waals surface area (Å²) in [6, 6.07) is 7.08. The van der Waals surface area contributed by atoms with Gasteiger partial charge >= 0.3 is 0 Å². The molecule has 1 aromatic rings. The van der Waals surface area contributed by atoms with Crippen molar-refractivity contribution in [3.05, 3.63) is 24.3 Å². The summed E-state index contributed by atoms with van der Waals surface area (Å²) < 4.78 is 37.5. The number of likely N-dealkylation sites (tertiary alicyclic amines) is 1. The molecule has 26 heavy (non-hydrogen) atoms. The van der Waals surface area contributed by atoms with E-state index in [4.69, 9.17) is 9.47 Å². The second kappa shape index (κ2) is 9.78. The predicted octanol–water partition coefficient (Wildman–Crippen LogP) is 1.78. The maximum Gasteiger partial charge on any atom is 0.260 e. The van der Waals surface area contributed by atoms with Crippen LogP contribution in [0.5, 0.6) is 11.5 Å². The van der Waals surface area contributed by atoms with Gasteiger partial charge in [-0.25, -0.2) is 13.1 Å². The number of rotatable bonds is 9. The van der Waals surface area contributed by atoms with Gasteiger partial charge in [0.15, 0.2) is 18.1 Å². The molecule has 0 aromatic heterocycles. The second-order valence-electron chi connectivity index (χ2n) is 6.38. The first-order valence-corrected chi connectivity index (χ1v) is 10.6. The molecule has 146 valence electrons. The minimum absolute atomic E-state index is 0.0622. The number of unbranched alkanes of at least 4 members (excludes halogenated alkanes) is 1. The Morgan fingerprint density at radius 1 is 1.23 bits per heavy atom. The van der Waals surface area contributed by atoms with E-state index in [-0.39, 0.29) is 24.3 Å². The van der Waals surface area contributed by atoms with Gasteiger partial charge in [-0.1, -0.05) is 25.5 Å². The van der Waals surface area contributed by atoms with Crippen LogP contribution < -0.4 is 14.2 Å². The molecule has 1 saturated heterocycles. The molecule has 1 heterocycles. The van der Waals surface area contributed by atoms with Crippen LogP contribution in [0, 0.1) is 0 Å². The number of carbonyl (C=O) groups is 1. The highest BCUT2D eigenvalue weighted by molar-refractivity contribution is 7.89. The average Bonchev–Trinajstić information content (AvgIpc) is 2.65. The molecule has 0 atom stereocenters. The first-order valence-electron chi connectivity index (χ1n) is 8.98. The lowest BCUT2D eigenvalue weighted by Gasteiger charge is -2.32. The van der Waals surface area contributed by atoms with Crippen LogP contribution >= 0.6 is 0 Å². The summed E-state index contributed by atoms with van der Waals surface area (Å²) in [5.41, 5.74) is 0. The molecule has 0 radical (unpaired) electrons. The van der Waals surface area contributed by atoms with Crippen LogP contribution in [0.15, 0.2) is 24.3 Å². The van der Waals surface area contributed by atoms with Crippen LogP contribution in [-0.2, 0) is 14.8 Å². The first kappa shape index (κ1) is 20.5. The Labute approximate surface area is 155 Å². The third-order valence-electron chi connectivity index (χ3n) is 4.38. The van der Waals surface area contributed by atoms with Crippen molar-refractivity contribution in [1.29, 1.82) is 0 Å². The molecule has 0 saturated carbocycles. The van der Waals surface area contributed by atoms with Gasteiger partial charge in [0.25, 0.3) is 5.91 Å².